The first-order valence-corrected chi connectivity index (χ1v) is 5.32. The molecule has 18 heavy (non-hydrogen) atoms. The molecule has 92 valence electrons. The van der Waals surface area contributed by atoms with Crippen LogP contribution in [0.5, 0.6) is 11.5 Å². The molecule has 1 amide bonds. The molecule has 0 aliphatic carbocycles. The van der Waals surface area contributed by atoms with E-state index in [-0.39, 0.29) is 17.1 Å². The summed E-state index contributed by atoms with van der Waals surface area (Å²) < 4.78 is 0. The van der Waals surface area contributed by atoms with E-state index in [0.29, 0.717) is 11.3 Å². The van der Waals surface area contributed by atoms with Crippen molar-refractivity contribution >= 4 is 11.6 Å². The van der Waals surface area contributed by atoms with Gasteiger partial charge in [0.25, 0.3) is 5.91 Å². The highest BCUT2D eigenvalue weighted by molar-refractivity contribution is 6.06. The van der Waals surface area contributed by atoms with Crippen LogP contribution >= 0.6 is 0 Å². The molecule has 0 aliphatic rings. The number of benzene rings is 1. The predicted molar refractivity (Wildman–Crippen MR) is 66.7 cm³/mol. The van der Waals surface area contributed by atoms with Crippen LogP contribution in [-0.2, 0) is 0 Å². The van der Waals surface area contributed by atoms with Crippen molar-refractivity contribution in [2.24, 2.45) is 0 Å². The van der Waals surface area contributed by atoms with Gasteiger partial charge in [0, 0.05) is 11.9 Å². The second kappa shape index (κ2) is 4.75. The fourth-order valence-corrected chi connectivity index (χ4v) is 1.51. The van der Waals surface area contributed by atoms with Gasteiger partial charge in [0.05, 0.1) is 11.8 Å². The van der Waals surface area contributed by atoms with Crippen LogP contribution in [0.2, 0.25) is 0 Å². The van der Waals surface area contributed by atoms with E-state index < -0.39 is 5.91 Å². The molecular formula is C13H12N2O3. The summed E-state index contributed by atoms with van der Waals surface area (Å²) in [4.78, 5) is 15.6. The van der Waals surface area contributed by atoms with E-state index >= 15 is 0 Å². The van der Waals surface area contributed by atoms with Crippen LogP contribution in [0.3, 0.4) is 0 Å². The van der Waals surface area contributed by atoms with Crippen molar-refractivity contribution in [3.05, 3.63) is 47.8 Å². The number of nitrogens with one attached hydrogen (secondary N) is 1. The molecule has 0 saturated heterocycles. The quantitative estimate of drug-likeness (QED) is 0.706. The number of amides is 1. The van der Waals surface area contributed by atoms with Crippen molar-refractivity contribution in [1.82, 2.24) is 4.98 Å². The zero-order valence-electron chi connectivity index (χ0n) is 9.71. The number of carbonyl (C=O) groups excluding carboxylic acids is 1. The number of carbonyl (C=O) groups is 1. The van der Waals surface area contributed by atoms with Gasteiger partial charge in [-0.2, -0.15) is 0 Å². The number of aromatic nitrogens is 1. The van der Waals surface area contributed by atoms with Gasteiger partial charge in [-0.05, 0) is 36.8 Å². The molecule has 5 nitrogen and oxygen atoms in total. The van der Waals surface area contributed by atoms with Crippen molar-refractivity contribution < 1.29 is 15.0 Å². The summed E-state index contributed by atoms with van der Waals surface area (Å²) in [5.41, 5.74) is 1.36. The molecule has 3 N–H and O–H groups in total. The SMILES string of the molecule is Cc1cc(NC(=O)c2ccncc2O)ccc1O. The molecule has 1 aromatic carbocycles. The van der Waals surface area contributed by atoms with Crippen LogP contribution in [0.4, 0.5) is 5.69 Å². The smallest absolute Gasteiger partial charge is 0.259 e. The number of anilines is 1. The largest absolute Gasteiger partial charge is 0.508 e. The van der Waals surface area contributed by atoms with Crippen molar-refractivity contribution in [1.29, 1.82) is 0 Å². The van der Waals surface area contributed by atoms with Crippen LogP contribution in [0.25, 0.3) is 0 Å². The van der Waals surface area contributed by atoms with E-state index in [0.717, 1.165) is 0 Å². The molecule has 0 spiro atoms. The molecule has 2 rings (SSSR count). The van der Waals surface area contributed by atoms with Crippen molar-refractivity contribution in [3.63, 3.8) is 0 Å². The minimum Gasteiger partial charge on any atom is -0.508 e. The van der Waals surface area contributed by atoms with Gasteiger partial charge >= 0.3 is 0 Å². The maximum atomic E-state index is 11.9. The Balaban J connectivity index is 2.22. The van der Waals surface area contributed by atoms with Gasteiger partial charge in [-0.15, -0.1) is 0 Å². The highest BCUT2D eigenvalue weighted by Gasteiger charge is 2.11. The Morgan fingerprint density at radius 3 is 2.67 bits per heavy atom. The van der Waals surface area contributed by atoms with Gasteiger partial charge in [-0.1, -0.05) is 0 Å². The summed E-state index contributed by atoms with van der Waals surface area (Å²) in [6, 6.07) is 6.15. The van der Waals surface area contributed by atoms with Crippen molar-refractivity contribution in [3.8, 4) is 11.5 Å². The average molecular weight is 244 g/mol. The summed E-state index contributed by atoms with van der Waals surface area (Å²) in [5.74, 6) is -0.440. The van der Waals surface area contributed by atoms with Crippen molar-refractivity contribution in [2.75, 3.05) is 5.32 Å². The Morgan fingerprint density at radius 2 is 2.00 bits per heavy atom. The normalized spacial score (nSPS) is 10.1. The molecule has 0 radical (unpaired) electrons. The van der Waals surface area contributed by atoms with Crippen LogP contribution in [0, 0.1) is 6.92 Å². The lowest BCUT2D eigenvalue weighted by molar-refractivity contribution is 0.102. The zero-order chi connectivity index (χ0) is 13.1. The molecule has 0 saturated carbocycles. The fraction of sp³-hybridized carbons (Fsp3) is 0.0769. The van der Waals surface area contributed by atoms with E-state index in [2.05, 4.69) is 10.3 Å². The third-order valence-electron chi connectivity index (χ3n) is 2.50. The summed E-state index contributed by atoms with van der Waals surface area (Å²) in [6.07, 6.45) is 2.63. The topological polar surface area (TPSA) is 82.5 Å². The van der Waals surface area contributed by atoms with Gasteiger partial charge < -0.3 is 15.5 Å². The van der Waals surface area contributed by atoms with Crippen molar-refractivity contribution in [2.45, 2.75) is 6.92 Å². The summed E-state index contributed by atoms with van der Waals surface area (Å²) in [5, 5.41) is 21.5. The zero-order valence-corrected chi connectivity index (χ0v) is 9.71. The van der Waals surface area contributed by atoms with E-state index in [9.17, 15) is 15.0 Å². The Bertz CT molecular complexity index is 597. The number of pyridine rings is 1. The number of aryl methyl sites for hydroxylation is 1. The third kappa shape index (κ3) is 2.40. The molecular weight excluding hydrogens is 232 g/mol. The Kier molecular flexibility index (Phi) is 3.14. The Hall–Kier alpha value is -2.56. The van der Waals surface area contributed by atoms with Gasteiger partial charge in [0.2, 0.25) is 0 Å². The van der Waals surface area contributed by atoms with E-state index in [1.807, 2.05) is 0 Å². The first kappa shape index (κ1) is 11.9. The number of nitrogens with zero attached hydrogens (tertiary/aromatic N) is 1. The summed E-state index contributed by atoms with van der Waals surface area (Å²) in [7, 11) is 0. The minimum absolute atomic E-state index is 0.149. The fourth-order valence-electron chi connectivity index (χ4n) is 1.51. The lowest BCUT2D eigenvalue weighted by Gasteiger charge is -2.07. The third-order valence-corrected chi connectivity index (χ3v) is 2.50. The molecule has 0 aliphatic heterocycles. The molecule has 1 aromatic heterocycles. The standard InChI is InChI=1S/C13H12N2O3/c1-8-6-9(2-3-11(8)16)15-13(18)10-4-5-14-7-12(10)17/h2-7,16-17H,1H3,(H,15,18). The second-order valence-corrected chi connectivity index (χ2v) is 3.85. The van der Waals surface area contributed by atoms with E-state index in [1.54, 1.807) is 19.1 Å². The monoisotopic (exact) mass is 244 g/mol. The van der Waals surface area contributed by atoms with Gasteiger partial charge in [-0.25, -0.2) is 0 Å². The molecule has 0 atom stereocenters. The first-order valence-electron chi connectivity index (χ1n) is 5.32. The number of hydrogen-bond acceptors (Lipinski definition) is 4. The minimum atomic E-state index is -0.431. The molecule has 5 heteroatoms. The summed E-state index contributed by atoms with van der Waals surface area (Å²) in [6.45, 7) is 1.73. The number of rotatable bonds is 2. The van der Waals surface area contributed by atoms with E-state index in [1.165, 1.54) is 24.5 Å². The highest BCUT2D eigenvalue weighted by atomic mass is 16.3. The molecule has 2 aromatic rings. The molecule has 0 unspecified atom stereocenters. The van der Waals surface area contributed by atoms with Gasteiger partial charge in [-0.3, -0.25) is 9.78 Å². The van der Waals surface area contributed by atoms with Crippen LogP contribution in [0.1, 0.15) is 15.9 Å². The number of phenolic OH excluding ortho intramolecular Hbond substituents is 1. The lowest BCUT2D eigenvalue weighted by Crippen LogP contribution is -2.12. The first-order chi connectivity index (χ1) is 8.58. The maximum Gasteiger partial charge on any atom is 0.259 e. The van der Waals surface area contributed by atoms with Crippen LogP contribution < -0.4 is 5.32 Å². The maximum absolute atomic E-state index is 11.9. The Labute approximate surface area is 104 Å². The predicted octanol–water partition coefficient (Wildman–Crippen LogP) is 2.05. The second-order valence-electron chi connectivity index (χ2n) is 3.85. The van der Waals surface area contributed by atoms with E-state index in [4.69, 9.17) is 0 Å². The number of aromatic hydroxyl groups is 2. The Morgan fingerprint density at radius 1 is 1.22 bits per heavy atom. The average Bonchev–Trinajstić information content (AvgIpc) is 2.34. The lowest BCUT2D eigenvalue weighted by atomic mass is 10.2. The molecule has 1 heterocycles. The van der Waals surface area contributed by atoms with Gasteiger partial charge in [0.1, 0.15) is 11.5 Å². The molecule has 0 fully saturated rings. The number of hydrogen-bond donors (Lipinski definition) is 3. The number of phenols is 1. The van der Waals surface area contributed by atoms with Gasteiger partial charge in [0.15, 0.2) is 0 Å². The molecule has 0 bridgehead atoms. The highest BCUT2D eigenvalue weighted by Crippen LogP contribution is 2.21. The van der Waals surface area contributed by atoms with Crippen LogP contribution in [-0.4, -0.2) is 21.1 Å². The van der Waals surface area contributed by atoms with Crippen LogP contribution in [0.15, 0.2) is 36.7 Å². The summed E-state index contributed by atoms with van der Waals surface area (Å²) >= 11 is 0.